The summed E-state index contributed by atoms with van der Waals surface area (Å²) in [5.41, 5.74) is 0.0386. The van der Waals surface area contributed by atoms with Gasteiger partial charge < -0.3 is 5.11 Å². The van der Waals surface area contributed by atoms with Crippen molar-refractivity contribution in [2.45, 2.75) is 36.2 Å². The van der Waals surface area contributed by atoms with E-state index >= 15 is 0 Å². The molecule has 0 bridgehead atoms. The molecule has 0 aliphatic carbocycles. The topological polar surface area (TPSA) is 54.4 Å². The maximum absolute atomic E-state index is 13.8. The predicted molar refractivity (Wildman–Crippen MR) is 78.8 cm³/mol. The Morgan fingerprint density at radius 3 is 2.50 bits per heavy atom. The molecule has 0 radical (unpaired) electrons. The summed E-state index contributed by atoms with van der Waals surface area (Å²) in [6.45, 7) is 3.41. The van der Waals surface area contributed by atoms with E-state index in [1.807, 2.05) is 6.92 Å². The van der Waals surface area contributed by atoms with Gasteiger partial charge in [-0.1, -0.05) is 42.6 Å². The van der Waals surface area contributed by atoms with Crippen LogP contribution in [0, 0.1) is 6.92 Å². The first kappa shape index (κ1) is 17.4. The molecule has 0 fully saturated rings. The van der Waals surface area contributed by atoms with Crippen molar-refractivity contribution in [1.82, 2.24) is 0 Å². The molecule has 20 heavy (non-hydrogen) atoms. The molecule has 0 aliphatic heterocycles. The zero-order chi connectivity index (χ0) is 15.5. The number of halogens is 3. The van der Waals surface area contributed by atoms with E-state index in [1.54, 1.807) is 0 Å². The Morgan fingerprint density at radius 1 is 1.45 bits per heavy atom. The van der Waals surface area contributed by atoms with Crippen molar-refractivity contribution < 1.29 is 18.5 Å². The Hall–Kier alpha value is -0.650. The van der Waals surface area contributed by atoms with Gasteiger partial charge in [-0.2, -0.15) is 0 Å². The average Bonchev–Trinajstić information content (AvgIpc) is 2.33. The molecule has 0 heterocycles. The number of carboxylic acid groups (broad SMARTS) is 1. The summed E-state index contributed by atoms with van der Waals surface area (Å²) in [5.74, 6) is -0.867. The molecule has 0 aromatic heterocycles. The minimum Gasteiger partial charge on any atom is -0.478 e. The molecule has 112 valence electrons. The fourth-order valence-electron chi connectivity index (χ4n) is 1.82. The molecule has 3 nitrogen and oxygen atoms in total. The highest BCUT2D eigenvalue weighted by Crippen LogP contribution is 2.40. The smallest absolute Gasteiger partial charge is 0.335 e. The van der Waals surface area contributed by atoms with Crippen LogP contribution in [0.4, 0.5) is 4.39 Å². The van der Waals surface area contributed by atoms with Crippen LogP contribution in [0.5, 0.6) is 0 Å². The maximum atomic E-state index is 13.8. The molecule has 1 aromatic rings. The molecule has 1 atom stereocenters. The first-order valence-electron chi connectivity index (χ1n) is 6.02. The Balaban J connectivity index is 3.45. The van der Waals surface area contributed by atoms with Crippen LogP contribution < -0.4 is 0 Å². The van der Waals surface area contributed by atoms with Crippen LogP contribution in [-0.2, 0) is 15.4 Å². The number of carbonyl (C=O) groups is 1. The van der Waals surface area contributed by atoms with E-state index in [-0.39, 0.29) is 21.6 Å². The summed E-state index contributed by atoms with van der Waals surface area (Å²) in [4.78, 5) is 11.2. The number of carboxylic acids is 1. The predicted octanol–water partition coefficient (Wildman–Crippen LogP) is 4.16. The minimum atomic E-state index is -2.71. The lowest BCUT2D eigenvalue weighted by molar-refractivity contribution is 0.0695. The average molecular weight is 341 g/mol. The monoisotopic (exact) mass is 340 g/mol. The number of hydrogen-bond donors (Lipinski definition) is 1. The molecule has 7 heteroatoms. The van der Waals surface area contributed by atoms with Crippen LogP contribution in [0.2, 0.25) is 0 Å². The lowest BCUT2D eigenvalue weighted by Gasteiger charge is -2.18. The van der Waals surface area contributed by atoms with Crippen LogP contribution in [0.15, 0.2) is 17.0 Å². The lowest BCUT2D eigenvalue weighted by Crippen LogP contribution is -2.14. The summed E-state index contributed by atoms with van der Waals surface area (Å²) < 4.78 is 23.4. The van der Waals surface area contributed by atoms with Gasteiger partial charge in [0.1, 0.15) is 0 Å². The number of unbranched alkanes of at least 4 members (excludes halogenated alkanes) is 1. The minimum absolute atomic E-state index is 0.0359. The molecule has 1 N–H and O–H groups in total. The van der Waals surface area contributed by atoms with Crippen LogP contribution in [-0.4, -0.2) is 21.0 Å². The van der Waals surface area contributed by atoms with E-state index in [2.05, 4.69) is 0 Å². The number of rotatable bonds is 6. The molecule has 0 amide bonds. The van der Waals surface area contributed by atoms with Gasteiger partial charge in [0.15, 0.2) is 0 Å². The summed E-state index contributed by atoms with van der Waals surface area (Å²) in [7, 11) is -1.55. The van der Waals surface area contributed by atoms with Gasteiger partial charge in [0.25, 0.3) is 4.59 Å². The van der Waals surface area contributed by atoms with Crippen LogP contribution in [0.25, 0.3) is 0 Å². The highest BCUT2D eigenvalue weighted by molar-refractivity contribution is 7.85. The van der Waals surface area contributed by atoms with Gasteiger partial charge in [-0.25, -0.2) is 9.18 Å². The van der Waals surface area contributed by atoms with Crippen molar-refractivity contribution in [3.05, 3.63) is 28.8 Å². The third-order valence-electron chi connectivity index (χ3n) is 2.85. The number of benzene rings is 1. The molecule has 0 unspecified atom stereocenters. The Bertz CT molecular complexity index is 541. The Kier molecular flexibility index (Phi) is 5.98. The Labute approximate surface area is 129 Å². The fraction of sp³-hybridized carbons (Fsp3) is 0.462. The summed E-state index contributed by atoms with van der Waals surface area (Å²) in [6, 6.07) is 2.39. The first-order valence-corrected chi connectivity index (χ1v) is 8.10. The van der Waals surface area contributed by atoms with Gasteiger partial charge >= 0.3 is 5.97 Å². The van der Waals surface area contributed by atoms with Gasteiger partial charge in [0, 0.05) is 11.3 Å². The molecular formula is C13H15Cl2FO3S. The van der Waals surface area contributed by atoms with Crippen molar-refractivity contribution >= 4 is 40.0 Å². The van der Waals surface area contributed by atoms with Crippen molar-refractivity contribution in [2.75, 3.05) is 5.75 Å². The molecule has 1 rings (SSSR count). The van der Waals surface area contributed by atoms with E-state index in [1.165, 1.54) is 19.1 Å². The highest BCUT2D eigenvalue weighted by Gasteiger charge is 2.32. The van der Waals surface area contributed by atoms with Gasteiger partial charge in [-0.15, -0.1) is 0 Å². The molecule has 0 saturated heterocycles. The zero-order valence-electron chi connectivity index (χ0n) is 11.1. The van der Waals surface area contributed by atoms with Gasteiger partial charge in [-0.05, 0) is 25.0 Å². The highest BCUT2D eigenvalue weighted by atomic mass is 35.5. The van der Waals surface area contributed by atoms with Crippen LogP contribution >= 0.6 is 23.2 Å². The van der Waals surface area contributed by atoms with E-state index < -0.39 is 21.4 Å². The maximum Gasteiger partial charge on any atom is 0.335 e. The second kappa shape index (κ2) is 6.87. The standard InChI is InChI=1S/C13H15Cl2FO3S/c1-3-4-7-20(19)11-8(2)9(12(17)18)5-6-10(11)13(14,15)16/h5-6H,3-4,7H2,1-2H3,(H,17,18)/t20-/m0/s1. The van der Waals surface area contributed by atoms with Crippen molar-refractivity contribution in [2.24, 2.45) is 0 Å². The first-order chi connectivity index (χ1) is 9.20. The zero-order valence-corrected chi connectivity index (χ0v) is 13.4. The van der Waals surface area contributed by atoms with E-state index in [9.17, 15) is 13.4 Å². The van der Waals surface area contributed by atoms with E-state index in [0.29, 0.717) is 12.2 Å². The molecular weight excluding hydrogens is 326 g/mol. The van der Waals surface area contributed by atoms with E-state index in [4.69, 9.17) is 28.3 Å². The fourth-order valence-corrected chi connectivity index (χ4v) is 3.90. The van der Waals surface area contributed by atoms with Gasteiger partial charge in [-0.3, -0.25) is 4.21 Å². The van der Waals surface area contributed by atoms with Crippen molar-refractivity contribution in [1.29, 1.82) is 0 Å². The van der Waals surface area contributed by atoms with Crippen LogP contribution in [0.1, 0.15) is 41.3 Å². The molecule has 0 aliphatic rings. The second-order valence-electron chi connectivity index (χ2n) is 4.32. The number of alkyl halides is 3. The van der Waals surface area contributed by atoms with Crippen molar-refractivity contribution in [3.8, 4) is 0 Å². The molecule has 1 aromatic carbocycles. The van der Waals surface area contributed by atoms with Crippen molar-refractivity contribution in [3.63, 3.8) is 0 Å². The second-order valence-corrected chi connectivity index (χ2v) is 7.06. The largest absolute Gasteiger partial charge is 0.478 e. The quantitative estimate of drug-likeness (QED) is 0.791. The number of hydrogen-bond acceptors (Lipinski definition) is 2. The van der Waals surface area contributed by atoms with Gasteiger partial charge in [0.05, 0.1) is 21.3 Å². The lowest BCUT2D eigenvalue weighted by atomic mass is 10.1. The third-order valence-corrected chi connectivity index (χ3v) is 4.90. The number of aromatic carboxylic acids is 1. The summed E-state index contributed by atoms with van der Waals surface area (Å²) in [6.07, 6.45) is 1.49. The third kappa shape index (κ3) is 3.93. The molecule has 0 spiro atoms. The molecule has 0 saturated carbocycles. The summed E-state index contributed by atoms with van der Waals surface area (Å²) >= 11 is 10.9. The normalized spacial score (nSPS) is 13.2. The van der Waals surface area contributed by atoms with Crippen LogP contribution in [0.3, 0.4) is 0 Å². The SMILES string of the molecule is CCCC[S@](=O)c1c(C(F)(Cl)Cl)ccc(C(=O)O)c1C. The van der Waals surface area contributed by atoms with E-state index in [0.717, 1.165) is 6.42 Å². The summed E-state index contributed by atoms with van der Waals surface area (Å²) in [5, 5.41) is 9.08. The van der Waals surface area contributed by atoms with Gasteiger partial charge in [0.2, 0.25) is 0 Å². The Morgan fingerprint density at radius 2 is 2.05 bits per heavy atom.